The minimum Gasteiger partial charge on any atom is -0.496 e. The second-order valence-electron chi connectivity index (χ2n) is 8.39. The lowest BCUT2D eigenvalue weighted by atomic mass is 10.0. The number of rotatable bonds is 9. The fourth-order valence-electron chi connectivity index (χ4n) is 4.19. The summed E-state index contributed by atoms with van der Waals surface area (Å²) in [6.07, 6.45) is -0.688. The minimum atomic E-state index is -1.29. The van der Waals surface area contributed by atoms with Crippen LogP contribution in [-0.4, -0.2) is 54.6 Å². The molecular formula is C28H30Cl4O6P+. The minimum absolute atomic E-state index is 0.276. The van der Waals surface area contributed by atoms with Crippen molar-refractivity contribution in [1.29, 1.82) is 0 Å². The number of ether oxygens (including phenoxy) is 6. The van der Waals surface area contributed by atoms with E-state index in [2.05, 4.69) is 18.2 Å². The first-order chi connectivity index (χ1) is 18.6. The first-order valence-corrected chi connectivity index (χ1v) is 14.6. The normalized spacial score (nSPS) is 15.9. The Morgan fingerprint density at radius 1 is 0.718 bits per heavy atom. The van der Waals surface area contributed by atoms with Gasteiger partial charge in [-0.25, -0.2) is 0 Å². The number of hydrogen-bond acceptors (Lipinski definition) is 6. The molecule has 1 aliphatic rings. The molecule has 3 rings (SSSR count). The van der Waals surface area contributed by atoms with Crippen LogP contribution in [0.5, 0.6) is 17.2 Å². The van der Waals surface area contributed by atoms with E-state index in [4.69, 9.17) is 74.8 Å². The maximum absolute atomic E-state index is 6.86. The molecule has 0 N–H and O–H groups in total. The van der Waals surface area contributed by atoms with E-state index >= 15 is 0 Å². The summed E-state index contributed by atoms with van der Waals surface area (Å²) in [5.41, 5.74) is 3.19. The number of aryl methyl sites for hydroxylation is 2. The van der Waals surface area contributed by atoms with Gasteiger partial charge in [0.05, 0.1) is 66.8 Å². The van der Waals surface area contributed by atoms with Crippen molar-refractivity contribution in [3.05, 3.63) is 77.9 Å². The van der Waals surface area contributed by atoms with Gasteiger partial charge in [-0.05, 0) is 31.0 Å². The number of benzene rings is 2. The molecule has 2 aromatic carbocycles. The van der Waals surface area contributed by atoms with Crippen molar-refractivity contribution >= 4 is 65.0 Å². The Morgan fingerprint density at radius 3 is 1.67 bits per heavy atom. The molecule has 0 bridgehead atoms. The summed E-state index contributed by atoms with van der Waals surface area (Å²) < 4.78 is 33.4. The Balaban J connectivity index is 2.47. The van der Waals surface area contributed by atoms with Crippen LogP contribution in [0.1, 0.15) is 16.7 Å². The second kappa shape index (κ2) is 13.5. The van der Waals surface area contributed by atoms with E-state index in [1.807, 2.05) is 25.5 Å². The topological polar surface area (TPSA) is 55.4 Å². The molecule has 1 aliphatic carbocycles. The van der Waals surface area contributed by atoms with Crippen LogP contribution < -0.4 is 19.5 Å². The molecular weight excluding hydrogens is 605 g/mol. The zero-order valence-corrected chi connectivity index (χ0v) is 26.8. The SMILES string of the molecule is COC1=C(Cl)C(=C[P+](=Cc2c(Cl)c(OC)c(OC)c(OC)c2Cl)c2cc(C)ccc2C)C(Cl)=C(OC)C1OC. The second-order valence-corrected chi connectivity index (χ2v) is 11.7. The molecule has 210 valence electrons. The molecule has 1 unspecified atom stereocenters. The van der Waals surface area contributed by atoms with Crippen molar-refractivity contribution in [3.8, 4) is 17.2 Å². The smallest absolute Gasteiger partial charge is 0.206 e. The molecule has 0 saturated heterocycles. The van der Waals surface area contributed by atoms with Crippen molar-refractivity contribution in [1.82, 2.24) is 0 Å². The monoisotopic (exact) mass is 633 g/mol. The summed E-state index contributed by atoms with van der Waals surface area (Å²) in [5.74, 6) is 5.60. The summed E-state index contributed by atoms with van der Waals surface area (Å²) in [4.78, 5) is 0. The Hall–Kier alpha value is -2.05. The molecule has 0 amide bonds. The number of methoxy groups -OCH3 is 6. The molecule has 0 saturated carbocycles. The molecule has 0 heterocycles. The van der Waals surface area contributed by atoms with Gasteiger partial charge in [0.2, 0.25) is 5.75 Å². The van der Waals surface area contributed by atoms with Crippen LogP contribution in [0.2, 0.25) is 10.0 Å². The summed E-state index contributed by atoms with van der Waals surface area (Å²) >= 11 is 27.4. The first kappa shape index (κ1) is 31.5. The molecule has 39 heavy (non-hydrogen) atoms. The highest BCUT2D eigenvalue weighted by molar-refractivity contribution is 7.68. The summed E-state index contributed by atoms with van der Waals surface area (Å²) in [5, 5.41) is 2.21. The fourth-order valence-corrected chi connectivity index (χ4v) is 8.13. The largest absolute Gasteiger partial charge is 0.496 e. The zero-order valence-electron chi connectivity index (χ0n) is 22.9. The van der Waals surface area contributed by atoms with E-state index in [0.29, 0.717) is 50.0 Å². The summed E-state index contributed by atoms with van der Waals surface area (Å²) in [6, 6.07) is 6.22. The molecule has 0 aliphatic heterocycles. The van der Waals surface area contributed by atoms with Crippen molar-refractivity contribution in [2.75, 3.05) is 42.7 Å². The van der Waals surface area contributed by atoms with Crippen LogP contribution in [0.3, 0.4) is 0 Å². The highest BCUT2D eigenvalue weighted by Crippen LogP contribution is 2.51. The van der Waals surface area contributed by atoms with E-state index in [1.165, 1.54) is 42.7 Å². The molecule has 11 heteroatoms. The summed E-state index contributed by atoms with van der Waals surface area (Å²) in [7, 11) is 7.75. The first-order valence-electron chi connectivity index (χ1n) is 11.6. The van der Waals surface area contributed by atoms with E-state index in [-0.39, 0.29) is 10.0 Å². The predicted molar refractivity (Wildman–Crippen MR) is 162 cm³/mol. The molecule has 0 spiro atoms. The third-order valence-corrected chi connectivity index (χ3v) is 9.77. The lowest BCUT2D eigenvalue weighted by Gasteiger charge is -2.27. The van der Waals surface area contributed by atoms with Gasteiger partial charge >= 0.3 is 0 Å². The third kappa shape index (κ3) is 6.02. The van der Waals surface area contributed by atoms with Crippen LogP contribution in [0, 0.1) is 13.8 Å². The van der Waals surface area contributed by atoms with Gasteiger partial charge in [0.25, 0.3) is 0 Å². The highest BCUT2D eigenvalue weighted by atomic mass is 35.5. The summed E-state index contributed by atoms with van der Waals surface area (Å²) in [6.45, 7) is 4.06. The average Bonchev–Trinajstić information content (AvgIpc) is 2.92. The molecule has 6 nitrogen and oxygen atoms in total. The maximum Gasteiger partial charge on any atom is 0.206 e. The maximum atomic E-state index is 6.86. The fraction of sp³-hybridized carbons (Fsp3) is 0.321. The zero-order chi connectivity index (χ0) is 29.0. The van der Waals surface area contributed by atoms with Crippen molar-refractivity contribution in [2.24, 2.45) is 0 Å². The Labute approximate surface area is 250 Å². The Morgan fingerprint density at radius 2 is 1.23 bits per heavy atom. The lowest BCUT2D eigenvalue weighted by molar-refractivity contribution is 0.0590. The van der Waals surface area contributed by atoms with Gasteiger partial charge in [-0.3, -0.25) is 0 Å². The van der Waals surface area contributed by atoms with Gasteiger partial charge in [0, 0.05) is 7.11 Å². The lowest BCUT2D eigenvalue weighted by Crippen LogP contribution is -2.25. The van der Waals surface area contributed by atoms with Crippen molar-refractivity contribution in [3.63, 3.8) is 0 Å². The van der Waals surface area contributed by atoms with Crippen molar-refractivity contribution < 1.29 is 28.4 Å². The van der Waals surface area contributed by atoms with Crippen molar-refractivity contribution in [2.45, 2.75) is 20.0 Å². The van der Waals surface area contributed by atoms with E-state index < -0.39 is 13.6 Å². The predicted octanol–water partition coefficient (Wildman–Crippen LogP) is 7.70. The van der Waals surface area contributed by atoms with Crippen LogP contribution >= 0.6 is 53.9 Å². The highest BCUT2D eigenvalue weighted by Gasteiger charge is 2.37. The molecule has 1 atom stereocenters. The van der Waals surface area contributed by atoms with Gasteiger partial charge in [0.1, 0.15) is 11.6 Å². The number of allylic oxidation sites excluding steroid dienone is 3. The Kier molecular flexibility index (Phi) is 10.9. The van der Waals surface area contributed by atoms with Gasteiger partial charge in [-0.2, -0.15) is 0 Å². The van der Waals surface area contributed by atoms with Crippen LogP contribution in [-0.2, 0) is 14.2 Å². The molecule has 0 aromatic heterocycles. The van der Waals surface area contributed by atoms with E-state index in [0.717, 1.165) is 16.4 Å². The van der Waals surface area contributed by atoms with Crippen LogP contribution in [0.4, 0.5) is 0 Å². The molecule has 0 radical (unpaired) electrons. The van der Waals surface area contributed by atoms with E-state index in [9.17, 15) is 0 Å². The molecule has 2 aromatic rings. The van der Waals surface area contributed by atoms with Crippen LogP contribution in [0.25, 0.3) is 0 Å². The van der Waals surface area contributed by atoms with Gasteiger partial charge in [-0.1, -0.05) is 58.5 Å². The van der Waals surface area contributed by atoms with E-state index in [1.54, 1.807) is 0 Å². The van der Waals surface area contributed by atoms with Crippen LogP contribution in [0.15, 0.2) is 51.2 Å². The average molecular weight is 635 g/mol. The number of hydrogen-bond donors (Lipinski definition) is 0. The van der Waals surface area contributed by atoms with Gasteiger partial charge in [-0.15, -0.1) is 0 Å². The quantitative estimate of drug-likeness (QED) is 0.264. The Bertz CT molecular complexity index is 1340. The molecule has 0 fully saturated rings. The standard InChI is InChI=1S/C28H30Cl4O6P/c1-14-9-10-15(2)18(11-14)39(12-16-19(29)23(33-3)27(37-7)24(34-4)20(16)30)13-17-21(31)25(35-5)28(38-8)26(36-6)22(17)32/h9-13,27H,1-8H3/q+1. The van der Waals surface area contributed by atoms with Gasteiger partial charge in [0.15, 0.2) is 42.0 Å². The van der Waals surface area contributed by atoms with Gasteiger partial charge < -0.3 is 28.4 Å². The third-order valence-electron chi connectivity index (χ3n) is 6.13. The number of halogens is 4.